The van der Waals surface area contributed by atoms with Crippen molar-refractivity contribution in [2.75, 3.05) is 0 Å². The van der Waals surface area contributed by atoms with E-state index in [9.17, 15) is 14.4 Å². The quantitative estimate of drug-likeness (QED) is 0.0838. The van der Waals surface area contributed by atoms with Crippen molar-refractivity contribution in [2.45, 2.75) is 110 Å². The summed E-state index contributed by atoms with van der Waals surface area (Å²) in [5, 5.41) is 17.5. The molecule has 29 heavy (non-hydrogen) atoms. The van der Waals surface area contributed by atoms with Gasteiger partial charge in [-0.2, -0.15) is 0 Å². The Labute approximate surface area is 176 Å². The molecule has 0 spiro atoms. The first-order valence-electron chi connectivity index (χ1n) is 10.7. The van der Waals surface area contributed by atoms with Crippen molar-refractivity contribution in [1.29, 1.82) is 0 Å². The van der Waals surface area contributed by atoms with Gasteiger partial charge in [-0.25, -0.2) is 9.59 Å². The summed E-state index contributed by atoms with van der Waals surface area (Å²) in [5.41, 5.74) is -0.632. The summed E-state index contributed by atoms with van der Waals surface area (Å²) >= 11 is 0. The number of hydrogen-bond donors (Lipinski definition) is 4. The van der Waals surface area contributed by atoms with Gasteiger partial charge in [0.15, 0.2) is 5.78 Å². The predicted octanol–water partition coefficient (Wildman–Crippen LogP) is 6.24. The minimum atomic E-state index is -1.47. The van der Waals surface area contributed by atoms with Crippen molar-refractivity contribution < 1.29 is 24.6 Å². The summed E-state index contributed by atoms with van der Waals surface area (Å²) in [6.45, 7) is 2.24. The molecule has 0 atom stereocenters. The van der Waals surface area contributed by atoms with Crippen LogP contribution in [0.1, 0.15) is 110 Å². The van der Waals surface area contributed by atoms with Gasteiger partial charge in [0.1, 0.15) is 5.57 Å². The monoisotopic (exact) mass is 416 g/mol. The lowest BCUT2D eigenvalue weighted by molar-refractivity contribution is -0.137. The van der Waals surface area contributed by atoms with Crippen LogP contribution in [0.4, 0.5) is 0 Å². The summed E-state index contributed by atoms with van der Waals surface area (Å²) in [6.07, 6.45) is 18.9. The number of carbonyl (C=O) groups excluding carboxylic acids is 1. The smallest absolute Gasteiger partial charge is 0.339 e. The van der Waals surface area contributed by atoms with Crippen LogP contribution < -0.4 is 12.3 Å². The van der Waals surface area contributed by atoms with Gasteiger partial charge in [-0.15, -0.1) is 0 Å². The molecule has 0 radical (unpaired) electrons. The molecule has 0 unspecified atom stereocenters. The Morgan fingerprint density at radius 1 is 0.621 bits per heavy atom. The SMILES string of the molecule is CCCCCCCCCCCCCCCCCC(=O)/C(=C\C(=O)O)C(=O)O.N.N. The Kier molecular flexibility index (Phi) is 24.9. The molecule has 0 heterocycles. The Hall–Kier alpha value is -1.73. The molecule has 0 aliphatic rings. The summed E-state index contributed by atoms with van der Waals surface area (Å²) in [6, 6.07) is 0. The van der Waals surface area contributed by atoms with Crippen LogP contribution in [0.15, 0.2) is 11.6 Å². The first kappa shape index (κ1) is 31.9. The average Bonchev–Trinajstić information content (AvgIpc) is 2.62. The number of ketones is 1. The molecule has 0 aromatic carbocycles. The normalized spacial score (nSPS) is 10.7. The van der Waals surface area contributed by atoms with Crippen molar-refractivity contribution >= 4 is 17.7 Å². The highest BCUT2D eigenvalue weighted by atomic mass is 16.4. The summed E-state index contributed by atoms with van der Waals surface area (Å²) in [4.78, 5) is 33.2. The lowest BCUT2D eigenvalue weighted by Gasteiger charge is -2.04. The molecule has 7 nitrogen and oxygen atoms in total. The van der Waals surface area contributed by atoms with Gasteiger partial charge in [-0.3, -0.25) is 4.79 Å². The highest BCUT2D eigenvalue weighted by molar-refractivity contribution is 6.19. The van der Waals surface area contributed by atoms with Gasteiger partial charge in [0.2, 0.25) is 0 Å². The number of Topliss-reactive ketones (excluding diaryl/α,β-unsaturated/α-hetero) is 1. The van der Waals surface area contributed by atoms with E-state index >= 15 is 0 Å². The maximum absolute atomic E-state index is 11.7. The van der Waals surface area contributed by atoms with Gasteiger partial charge in [-0.1, -0.05) is 96.8 Å². The number of carboxylic acid groups (broad SMARTS) is 2. The van der Waals surface area contributed by atoms with Crippen molar-refractivity contribution in [3.05, 3.63) is 11.6 Å². The average molecular weight is 417 g/mol. The maximum Gasteiger partial charge on any atom is 0.339 e. The molecule has 0 bridgehead atoms. The van der Waals surface area contributed by atoms with Crippen molar-refractivity contribution in [2.24, 2.45) is 0 Å². The first-order valence-corrected chi connectivity index (χ1v) is 10.7. The fourth-order valence-electron chi connectivity index (χ4n) is 3.18. The predicted molar refractivity (Wildman–Crippen MR) is 118 cm³/mol. The van der Waals surface area contributed by atoms with Crippen LogP contribution in [0.2, 0.25) is 0 Å². The van der Waals surface area contributed by atoms with E-state index in [-0.39, 0.29) is 18.7 Å². The minimum Gasteiger partial charge on any atom is -0.478 e. The lowest BCUT2D eigenvalue weighted by atomic mass is 10.0. The zero-order chi connectivity index (χ0) is 20.3. The lowest BCUT2D eigenvalue weighted by Crippen LogP contribution is -2.14. The minimum absolute atomic E-state index is 0. The van der Waals surface area contributed by atoms with Crippen LogP contribution in [0.3, 0.4) is 0 Å². The van der Waals surface area contributed by atoms with Gasteiger partial charge in [0.25, 0.3) is 0 Å². The molecular formula is C22H44N2O5. The number of carbonyl (C=O) groups is 3. The number of unbranched alkanes of at least 4 members (excludes halogenated alkanes) is 14. The Morgan fingerprint density at radius 2 is 0.966 bits per heavy atom. The second-order valence-corrected chi connectivity index (χ2v) is 7.32. The van der Waals surface area contributed by atoms with E-state index in [1.54, 1.807) is 0 Å². The van der Waals surface area contributed by atoms with Crippen molar-refractivity contribution in [1.82, 2.24) is 12.3 Å². The number of rotatable bonds is 19. The van der Waals surface area contributed by atoms with Crippen LogP contribution in [0, 0.1) is 0 Å². The molecule has 172 valence electrons. The van der Waals surface area contributed by atoms with E-state index in [1.165, 1.54) is 70.6 Å². The van der Waals surface area contributed by atoms with Crippen LogP contribution in [-0.4, -0.2) is 27.9 Å². The summed E-state index contributed by atoms with van der Waals surface area (Å²) in [7, 11) is 0. The number of hydrogen-bond acceptors (Lipinski definition) is 5. The Balaban J connectivity index is -0.00000338. The van der Waals surface area contributed by atoms with E-state index in [0.717, 1.165) is 19.3 Å². The zero-order valence-corrected chi connectivity index (χ0v) is 18.4. The molecule has 0 rings (SSSR count). The highest BCUT2D eigenvalue weighted by Gasteiger charge is 2.18. The molecular weight excluding hydrogens is 372 g/mol. The highest BCUT2D eigenvalue weighted by Crippen LogP contribution is 2.14. The van der Waals surface area contributed by atoms with Crippen LogP contribution >= 0.6 is 0 Å². The molecule has 0 fully saturated rings. The van der Waals surface area contributed by atoms with Crippen LogP contribution in [0.5, 0.6) is 0 Å². The molecule has 0 aromatic heterocycles. The second-order valence-electron chi connectivity index (χ2n) is 7.32. The van der Waals surface area contributed by atoms with Crippen molar-refractivity contribution in [3.63, 3.8) is 0 Å². The molecule has 0 saturated carbocycles. The third-order valence-corrected chi connectivity index (χ3v) is 4.81. The fraction of sp³-hybridized carbons (Fsp3) is 0.773. The van der Waals surface area contributed by atoms with Gasteiger partial charge in [0, 0.05) is 12.5 Å². The third kappa shape index (κ3) is 20.8. The number of carboxylic acids is 2. The van der Waals surface area contributed by atoms with E-state index in [4.69, 9.17) is 10.2 Å². The van der Waals surface area contributed by atoms with E-state index < -0.39 is 23.3 Å². The van der Waals surface area contributed by atoms with E-state index in [0.29, 0.717) is 12.5 Å². The summed E-state index contributed by atoms with van der Waals surface area (Å²) in [5.74, 6) is -3.47. The van der Waals surface area contributed by atoms with E-state index in [2.05, 4.69) is 6.92 Å². The molecule has 0 aliphatic heterocycles. The maximum atomic E-state index is 11.7. The standard InChI is InChI=1S/C22H38O5.2H3N/c1-2-3-4-5-6-7-8-9-10-11-12-13-14-15-16-17-20(23)19(22(26)27)18-21(24)25;;/h18H,2-17H2,1H3,(H,24,25)(H,26,27);2*1H3/b19-18+;;. The Morgan fingerprint density at radius 3 is 1.28 bits per heavy atom. The van der Waals surface area contributed by atoms with E-state index in [1.807, 2.05) is 0 Å². The van der Waals surface area contributed by atoms with Crippen LogP contribution in [0.25, 0.3) is 0 Å². The first-order chi connectivity index (χ1) is 13.0. The van der Waals surface area contributed by atoms with Gasteiger partial charge >= 0.3 is 11.9 Å². The molecule has 0 saturated heterocycles. The molecule has 0 aliphatic carbocycles. The summed E-state index contributed by atoms with van der Waals surface area (Å²) < 4.78 is 0. The van der Waals surface area contributed by atoms with Gasteiger partial charge in [0.05, 0.1) is 0 Å². The topological polar surface area (TPSA) is 162 Å². The molecule has 7 heteroatoms. The molecule has 0 amide bonds. The van der Waals surface area contributed by atoms with Gasteiger partial charge < -0.3 is 22.5 Å². The Bertz CT molecular complexity index is 464. The largest absolute Gasteiger partial charge is 0.478 e. The zero-order valence-electron chi connectivity index (χ0n) is 18.4. The molecule has 8 N–H and O–H groups in total. The van der Waals surface area contributed by atoms with Gasteiger partial charge in [-0.05, 0) is 6.42 Å². The third-order valence-electron chi connectivity index (χ3n) is 4.81. The fourth-order valence-corrected chi connectivity index (χ4v) is 3.18. The van der Waals surface area contributed by atoms with Crippen molar-refractivity contribution in [3.8, 4) is 0 Å². The molecule has 0 aromatic rings. The number of aliphatic carboxylic acids is 2. The second kappa shape index (κ2) is 22.6. The van der Waals surface area contributed by atoms with Crippen LogP contribution in [-0.2, 0) is 14.4 Å².